The largest absolute Gasteiger partial charge is 0.394 e. The van der Waals surface area contributed by atoms with Crippen molar-refractivity contribution in [3.63, 3.8) is 0 Å². The van der Waals surface area contributed by atoms with Gasteiger partial charge >= 0.3 is 0 Å². The minimum Gasteiger partial charge on any atom is -0.394 e. The van der Waals surface area contributed by atoms with Crippen molar-refractivity contribution < 1.29 is 9.90 Å². The van der Waals surface area contributed by atoms with Gasteiger partial charge in [-0.2, -0.15) is 5.26 Å². The van der Waals surface area contributed by atoms with Gasteiger partial charge in [0.25, 0.3) is 0 Å². The van der Waals surface area contributed by atoms with E-state index in [2.05, 4.69) is 24.8 Å². The van der Waals surface area contributed by atoms with Gasteiger partial charge in [-0.05, 0) is 37.0 Å². The topological polar surface area (TPSA) is 64.3 Å². The predicted octanol–water partition coefficient (Wildman–Crippen LogP) is 2.43. The molecule has 0 spiro atoms. The highest BCUT2D eigenvalue weighted by Gasteiger charge is 2.53. The number of carbonyl (C=O) groups excluding carboxylic acids is 1. The third-order valence-electron chi connectivity index (χ3n) is 4.82. The van der Waals surface area contributed by atoms with Crippen LogP contribution in [0.3, 0.4) is 0 Å². The molecule has 1 aliphatic carbocycles. The van der Waals surface area contributed by atoms with Gasteiger partial charge in [-0.25, -0.2) is 0 Å². The summed E-state index contributed by atoms with van der Waals surface area (Å²) in [5, 5.41) is 19.2. The molecule has 124 valence electrons. The van der Waals surface area contributed by atoms with Crippen LogP contribution < -0.4 is 0 Å². The Labute approximate surface area is 143 Å². The number of rotatable bonds is 4. The van der Waals surface area contributed by atoms with E-state index >= 15 is 0 Å². The van der Waals surface area contributed by atoms with E-state index in [-0.39, 0.29) is 30.4 Å². The van der Waals surface area contributed by atoms with Crippen molar-refractivity contribution in [2.24, 2.45) is 5.92 Å². The fourth-order valence-corrected chi connectivity index (χ4v) is 3.33. The second-order valence-electron chi connectivity index (χ2n) is 6.54. The van der Waals surface area contributed by atoms with Gasteiger partial charge in [0.1, 0.15) is 6.04 Å². The van der Waals surface area contributed by atoms with E-state index in [4.69, 9.17) is 0 Å². The maximum absolute atomic E-state index is 12.3. The maximum atomic E-state index is 12.3. The lowest BCUT2D eigenvalue weighted by atomic mass is 9.75. The van der Waals surface area contributed by atoms with Crippen LogP contribution in [0.2, 0.25) is 0 Å². The first-order chi connectivity index (χ1) is 11.7. The highest BCUT2D eigenvalue weighted by atomic mass is 16.3. The van der Waals surface area contributed by atoms with Crippen LogP contribution in [0, 0.1) is 29.1 Å². The van der Waals surface area contributed by atoms with Crippen LogP contribution >= 0.6 is 0 Å². The quantitative estimate of drug-likeness (QED) is 0.866. The molecule has 0 aromatic heterocycles. The fraction of sp³-hybridized carbons (Fsp3) is 0.500. The number of benzene rings is 1. The summed E-state index contributed by atoms with van der Waals surface area (Å²) < 4.78 is 0. The zero-order valence-corrected chi connectivity index (χ0v) is 13.9. The van der Waals surface area contributed by atoms with Crippen molar-refractivity contribution in [1.29, 1.82) is 5.26 Å². The molecule has 1 aromatic carbocycles. The van der Waals surface area contributed by atoms with Crippen molar-refractivity contribution in [3.05, 3.63) is 35.4 Å². The molecule has 3 atom stereocenters. The van der Waals surface area contributed by atoms with E-state index in [1.54, 1.807) is 4.90 Å². The number of unbranched alkanes of at least 4 members (excludes halogenated alkanes) is 1. The van der Waals surface area contributed by atoms with Crippen LogP contribution in [0.15, 0.2) is 24.3 Å². The van der Waals surface area contributed by atoms with E-state index in [0.717, 1.165) is 36.8 Å². The minimum absolute atomic E-state index is 0.0268. The summed E-state index contributed by atoms with van der Waals surface area (Å²) in [6.45, 7) is 1.99. The summed E-state index contributed by atoms with van der Waals surface area (Å²) in [5.74, 6) is 6.20. The number of aliphatic hydroxyl groups is 1. The molecule has 1 amide bonds. The molecule has 1 aliphatic heterocycles. The lowest BCUT2D eigenvalue weighted by molar-refractivity contribution is -0.148. The van der Waals surface area contributed by atoms with Crippen LogP contribution in [-0.4, -0.2) is 34.6 Å². The monoisotopic (exact) mass is 322 g/mol. The molecule has 0 bridgehead atoms. The average Bonchev–Trinajstić information content (AvgIpc) is 3.41. The van der Waals surface area contributed by atoms with E-state index in [1.807, 2.05) is 24.3 Å². The molecule has 1 heterocycles. The Morgan fingerprint density at radius 3 is 2.58 bits per heavy atom. The Hall–Kier alpha value is -2.30. The molecule has 1 saturated carbocycles. The Balaban J connectivity index is 1.77. The Morgan fingerprint density at radius 1 is 1.33 bits per heavy atom. The molecule has 24 heavy (non-hydrogen) atoms. The number of hydrogen-bond donors (Lipinski definition) is 1. The molecule has 2 fully saturated rings. The van der Waals surface area contributed by atoms with Crippen LogP contribution in [0.4, 0.5) is 0 Å². The van der Waals surface area contributed by atoms with Gasteiger partial charge in [0.15, 0.2) is 0 Å². The second-order valence-corrected chi connectivity index (χ2v) is 6.54. The van der Waals surface area contributed by atoms with Crippen molar-refractivity contribution in [2.75, 3.05) is 6.61 Å². The SMILES string of the molecule is CCCC#Cc1ccc([C@@H]2[C@@H](C#N)N(C(=O)C3CC3)[C@H]2CO)cc1. The molecule has 3 rings (SSSR count). The van der Waals surface area contributed by atoms with Gasteiger partial charge in [0, 0.05) is 23.8 Å². The molecule has 0 radical (unpaired) electrons. The standard InChI is InChI=1S/C20H22N2O2/c1-2-3-4-5-14-6-8-15(9-7-14)19-17(12-21)22(18(19)13-23)20(24)16-10-11-16/h6-9,16-19,23H,2-3,10-11,13H2,1H3/t17-,18+,19-/m1/s1. The molecular formula is C20H22N2O2. The van der Waals surface area contributed by atoms with Gasteiger partial charge < -0.3 is 10.0 Å². The molecular weight excluding hydrogens is 300 g/mol. The summed E-state index contributed by atoms with van der Waals surface area (Å²) in [6.07, 6.45) is 3.73. The number of amides is 1. The van der Waals surface area contributed by atoms with E-state index in [1.165, 1.54) is 0 Å². The normalized spacial score (nSPS) is 25.2. The predicted molar refractivity (Wildman–Crippen MR) is 90.8 cm³/mol. The van der Waals surface area contributed by atoms with E-state index in [9.17, 15) is 15.2 Å². The van der Waals surface area contributed by atoms with Gasteiger partial charge in [0.2, 0.25) is 5.91 Å². The van der Waals surface area contributed by atoms with Crippen molar-refractivity contribution >= 4 is 5.91 Å². The zero-order valence-electron chi connectivity index (χ0n) is 13.9. The van der Waals surface area contributed by atoms with Gasteiger partial charge in [-0.15, -0.1) is 0 Å². The smallest absolute Gasteiger partial charge is 0.227 e. The number of likely N-dealkylation sites (tertiary alicyclic amines) is 1. The minimum atomic E-state index is -0.479. The van der Waals surface area contributed by atoms with Gasteiger partial charge in [-0.3, -0.25) is 4.79 Å². The van der Waals surface area contributed by atoms with Crippen LogP contribution in [0.5, 0.6) is 0 Å². The average molecular weight is 322 g/mol. The first-order valence-electron chi connectivity index (χ1n) is 8.62. The molecule has 1 aromatic rings. The number of aliphatic hydroxyl groups excluding tert-OH is 1. The van der Waals surface area contributed by atoms with Gasteiger partial charge in [0.05, 0.1) is 18.7 Å². The van der Waals surface area contributed by atoms with Crippen molar-refractivity contribution in [2.45, 2.75) is 50.6 Å². The highest BCUT2D eigenvalue weighted by molar-refractivity contribution is 5.83. The maximum Gasteiger partial charge on any atom is 0.227 e. The first kappa shape index (κ1) is 16.6. The molecule has 4 nitrogen and oxygen atoms in total. The first-order valence-corrected chi connectivity index (χ1v) is 8.62. The third kappa shape index (κ3) is 3.03. The van der Waals surface area contributed by atoms with Crippen LogP contribution in [0.25, 0.3) is 0 Å². The fourth-order valence-electron chi connectivity index (χ4n) is 3.33. The van der Waals surface area contributed by atoms with Crippen LogP contribution in [0.1, 0.15) is 49.7 Å². The summed E-state index contributed by atoms with van der Waals surface area (Å²) in [6, 6.07) is 9.31. The zero-order chi connectivity index (χ0) is 17.1. The summed E-state index contributed by atoms with van der Waals surface area (Å²) in [7, 11) is 0. The summed E-state index contributed by atoms with van der Waals surface area (Å²) >= 11 is 0. The lowest BCUT2D eigenvalue weighted by Crippen LogP contribution is -2.65. The highest BCUT2D eigenvalue weighted by Crippen LogP contribution is 2.44. The van der Waals surface area contributed by atoms with Gasteiger partial charge in [-0.1, -0.05) is 30.9 Å². The van der Waals surface area contributed by atoms with Crippen molar-refractivity contribution in [3.8, 4) is 17.9 Å². The molecule has 1 N–H and O–H groups in total. The number of nitriles is 1. The van der Waals surface area contributed by atoms with Crippen molar-refractivity contribution in [1.82, 2.24) is 4.90 Å². The molecule has 0 unspecified atom stereocenters. The molecule has 1 saturated heterocycles. The second kappa shape index (κ2) is 7.07. The Bertz CT molecular complexity index is 704. The van der Waals surface area contributed by atoms with E-state index < -0.39 is 6.04 Å². The number of nitrogens with zero attached hydrogens (tertiary/aromatic N) is 2. The molecule has 2 aliphatic rings. The Kier molecular flexibility index (Phi) is 4.88. The van der Waals surface area contributed by atoms with Crippen LogP contribution in [-0.2, 0) is 4.79 Å². The lowest BCUT2D eigenvalue weighted by Gasteiger charge is -2.51. The van der Waals surface area contributed by atoms with E-state index in [0.29, 0.717) is 0 Å². The summed E-state index contributed by atoms with van der Waals surface area (Å²) in [4.78, 5) is 13.9. The summed E-state index contributed by atoms with van der Waals surface area (Å²) in [5.41, 5.74) is 1.94. The number of hydrogen-bond acceptors (Lipinski definition) is 3. The molecule has 4 heteroatoms. The number of carbonyl (C=O) groups is 1. The third-order valence-corrected chi connectivity index (χ3v) is 4.82. The Morgan fingerprint density at radius 2 is 2.04 bits per heavy atom.